The molecule has 0 radical (unpaired) electrons. The molecule has 5 heteroatoms. The van der Waals surface area contributed by atoms with Gasteiger partial charge in [-0.05, 0) is 24.2 Å². The number of thiocarbonyl (C=S) groups is 1. The number of benzene rings is 1. The molecular weight excluding hydrogens is 246 g/mol. The van der Waals surface area contributed by atoms with Crippen molar-refractivity contribution in [2.45, 2.75) is 12.8 Å². The zero-order valence-electron chi connectivity index (χ0n) is 10.1. The summed E-state index contributed by atoms with van der Waals surface area (Å²) in [7, 11) is 0. The summed E-state index contributed by atoms with van der Waals surface area (Å²) >= 11 is 4.93. The first kappa shape index (κ1) is 14.2. The summed E-state index contributed by atoms with van der Waals surface area (Å²) in [5.41, 5.74) is 6.30. The van der Waals surface area contributed by atoms with Crippen molar-refractivity contribution in [1.29, 1.82) is 0 Å². The maximum Gasteiger partial charge on any atom is 0.238 e. The third-order valence-electron chi connectivity index (χ3n) is 2.21. The molecule has 0 atom stereocenters. The summed E-state index contributed by atoms with van der Waals surface area (Å²) in [6.45, 7) is 4.11. The lowest BCUT2D eigenvalue weighted by molar-refractivity contribution is -0.121. The van der Waals surface area contributed by atoms with E-state index in [-0.39, 0.29) is 5.91 Å². The predicted molar refractivity (Wildman–Crippen MR) is 76.8 cm³/mol. The van der Waals surface area contributed by atoms with Crippen LogP contribution in [0.5, 0.6) is 0 Å². The zero-order valence-corrected chi connectivity index (χ0v) is 10.9. The highest BCUT2D eigenvalue weighted by atomic mass is 32.1. The summed E-state index contributed by atoms with van der Waals surface area (Å²) in [6.07, 6.45) is 2.81. The van der Waals surface area contributed by atoms with Gasteiger partial charge in [0.05, 0.1) is 0 Å². The summed E-state index contributed by atoms with van der Waals surface area (Å²) in [6, 6.07) is 9.86. The quantitative estimate of drug-likeness (QED) is 0.426. The summed E-state index contributed by atoms with van der Waals surface area (Å²) in [5, 5.41) is 3.23. The second-order valence-electron chi connectivity index (χ2n) is 3.66. The Morgan fingerprint density at radius 1 is 1.28 bits per heavy atom. The Bertz CT molecular complexity index is 406. The van der Waals surface area contributed by atoms with Crippen LogP contribution in [-0.2, 0) is 11.2 Å². The van der Waals surface area contributed by atoms with Gasteiger partial charge in [-0.1, -0.05) is 36.4 Å². The van der Waals surface area contributed by atoms with Gasteiger partial charge >= 0.3 is 0 Å². The SMILES string of the molecule is C=CCNC(=S)NNC(=O)CCc1ccccc1. The molecule has 0 unspecified atom stereocenters. The standard InChI is InChI=1S/C13H17N3OS/c1-2-10-14-13(18)16-15-12(17)9-8-11-6-4-3-5-7-11/h2-7H,1,8-10H2,(H,15,17)(H2,14,16,18). The van der Waals surface area contributed by atoms with Crippen LogP contribution in [0.3, 0.4) is 0 Å². The molecule has 0 saturated heterocycles. The van der Waals surface area contributed by atoms with Crippen molar-refractivity contribution in [2.24, 2.45) is 0 Å². The van der Waals surface area contributed by atoms with Gasteiger partial charge in [0.1, 0.15) is 0 Å². The molecule has 0 spiro atoms. The maximum absolute atomic E-state index is 11.5. The Balaban J connectivity index is 2.18. The minimum absolute atomic E-state index is 0.0957. The van der Waals surface area contributed by atoms with E-state index in [0.717, 1.165) is 5.56 Å². The van der Waals surface area contributed by atoms with Crippen molar-refractivity contribution < 1.29 is 4.79 Å². The van der Waals surface area contributed by atoms with E-state index in [0.29, 0.717) is 24.5 Å². The highest BCUT2D eigenvalue weighted by molar-refractivity contribution is 7.80. The lowest BCUT2D eigenvalue weighted by atomic mass is 10.1. The third kappa shape index (κ3) is 6.00. The fourth-order valence-electron chi connectivity index (χ4n) is 1.30. The molecule has 4 nitrogen and oxygen atoms in total. The van der Waals surface area contributed by atoms with Crippen LogP contribution in [-0.4, -0.2) is 17.6 Å². The minimum atomic E-state index is -0.0957. The van der Waals surface area contributed by atoms with Crippen LogP contribution in [0.1, 0.15) is 12.0 Å². The zero-order chi connectivity index (χ0) is 13.2. The van der Waals surface area contributed by atoms with Gasteiger partial charge in [-0.2, -0.15) is 0 Å². The summed E-state index contributed by atoms with van der Waals surface area (Å²) in [5.74, 6) is -0.0957. The van der Waals surface area contributed by atoms with Crippen LogP contribution >= 0.6 is 12.2 Å². The molecule has 0 aliphatic rings. The van der Waals surface area contributed by atoms with Crippen LogP contribution in [0.25, 0.3) is 0 Å². The van der Waals surface area contributed by atoms with E-state index in [1.807, 2.05) is 30.3 Å². The fourth-order valence-corrected chi connectivity index (χ4v) is 1.43. The van der Waals surface area contributed by atoms with Crippen molar-refractivity contribution >= 4 is 23.2 Å². The van der Waals surface area contributed by atoms with Gasteiger partial charge < -0.3 is 5.32 Å². The van der Waals surface area contributed by atoms with E-state index in [9.17, 15) is 4.79 Å². The maximum atomic E-state index is 11.5. The number of hydrogen-bond acceptors (Lipinski definition) is 2. The smallest absolute Gasteiger partial charge is 0.238 e. The molecule has 96 valence electrons. The number of aryl methyl sites for hydroxylation is 1. The lowest BCUT2D eigenvalue weighted by Gasteiger charge is -2.10. The van der Waals surface area contributed by atoms with Crippen molar-refractivity contribution in [3.63, 3.8) is 0 Å². The largest absolute Gasteiger partial charge is 0.358 e. The summed E-state index contributed by atoms with van der Waals surface area (Å²) < 4.78 is 0. The van der Waals surface area contributed by atoms with Crippen LogP contribution in [0.4, 0.5) is 0 Å². The molecule has 1 rings (SSSR count). The molecule has 1 aromatic rings. The molecule has 0 aromatic heterocycles. The van der Waals surface area contributed by atoms with E-state index >= 15 is 0 Å². The number of carbonyl (C=O) groups excluding carboxylic acids is 1. The molecular formula is C13H17N3OS. The Labute approximate surface area is 112 Å². The monoisotopic (exact) mass is 263 g/mol. The van der Waals surface area contributed by atoms with Gasteiger partial charge in [0.25, 0.3) is 0 Å². The Morgan fingerprint density at radius 2 is 2.00 bits per heavy atom. The van der Waals surface area contributed by atoms with E-state index < -0.39 is 0 Å². The molecule has 0 fully saturated rings. The van der Waals surface area contributed by atoms with E-state index in [2.05, 4.69) is 22.7 Å². The Morgan fingerprint density at radius 3 is 2.67 bits per heavy atom. The molecule has 3 N–H and O–H groups in total. The van der Waals surface area contributed by atoms with Gasteiger partial charge in [0, 0.05) is 13.0 Å². The number of hydrazine groups is 1. The van der Waals surface area contributed by atoms with Gasteiger partial charge in [-0.3, -0.25) is 15.6 Å². The number of amides is 1. The number of carbonyl (C=O) groups is 1. The Kier molecular flexibility index (Phi) is 6.50. The highest BCUT2D eigenvalue weighted by Crippen LogP contribution is 2.01. The van der Waals surface area contributed by atoms with Crippen LogP contribution in [0.15, 0.2) is 43.0 Å². The number of rotatable bonds is 5. The van der Waals surface area contributed by atoms with Crippen LogP contribution in [0.2, 0.25) is 0 Å². The average molecular weight is 263 g/mol. The van der Waals surface area contributed by atoms with Crippen LogP contribution < -0.4 is 16.2 Å². The first-order valence-corrected chi connectivity index (χ1v) is 6.10. The van der Waals surface area contributed by atoms with Crippen molar-refractivity contribution in [2.75, 3.05) is 6.54 Å². The molecule has 18 heavy (non-hydrogen) atoms. The van der Waals surface area contributed by atoms with Crippen LogP contribution in [0, 0.1) is 0 Å². The van der Waals surface area contributed by atoms with Gasteiger partial charge in [-0.25, -0.2) is 0 Å². The van der Waals surface area contributed by atoms with E-state index in [1.54, 1.807) is 6.08 Å². The first-order valence-electron chi connectivity index (χ1n) is 5.70. The number of nitrogens with one attached hydrogen (secondary N) is 3. The molecule has 0 aliphatic carbocycles. The molecule has 0 bridgehead atoms. The topological polar surface area (TPSA) is 53.2 Å². The van der Waals surface area contributed by atoms with Crippen molar-refractivity contribution in [1.82, 2.24) is 16.2 Å². The second kappa shape index (κ2) is 8.25. The second-order valence-corrected chi connectivity index (χ2v) is 4.07. The molecule has 1 aromatic carbocycles. The summed E-state index contributed by atoms with van der Waals surface area (Å²) in [4.78, 5) is 11.5. The molecule has 0 aliphatic heterocycles. The van der Waals surface area contributed by atoms with E-state index in [1.165, 1.54) is 0 Å². The lowest BCUT2D eigenvalue weighted by Crippen LogP contribution is -2.46. The molecule has 1 amide bonds. The molecule has 0 heterocycles. The fraction of sp³-hybridized carbons (Fsp3) is 0.231. The number of hydrogen-bond donors (Lipinski definition) is 3. The third-order valence-corrected chi connectivity index (χ3v) is 2.45. The van der Waals surface area contributed by atoms with Crippen molar-refractivity contribution in [3.05, 3.63) is 48.6 Å². The van der Waals surface area contributed by atoms with Gasteiger partial charge in [0.2, 0.25) is 5.91 Å². The van der Waals surface area contributed by atoms with E-state index in [4.69, 9.17) is 12.2 Å². The minimum Gasteiger partial charge on any atom is -0.358 e. The average Bonchev–Trinajstić information content (AvgIpc) is 2.41. The predicted octanol–water partition coefficient (Wildman–Crippen LogP) is 1.30. The van der Waals surface area contributed by atoms with Gasteiger partial charge in [0.15, 0.2) is 5.11 Å². The molecule has 0 saturated carbocycles. The normalized spacial score (nSPS) is 9.33. The van der Waals surface area contributed by atoms with Gasteiger partial charge in [-0.15, -0.1) is 6.58 Å². The first-order chi connectivity index (χ1) is 8.72. The van der Waals surface area contributed by atoms with Crippen molar-refractivity contribution in [3.8, 4) is 0 Å². The Hall–Kier alpha value is -1.88. The highest BCUT2D eigenvalue weighted by Gasteiger charge is 2.02.